The van der Waals surface area contributed by atoms with E-state index in [0.29, 0.717) is 6.73 Å². The second-order valence-corrected chi connectivity index (χ2v) is 4.00. The average molecular weight is 228 g/mol. The number of nitrogens with one attached hydrogen (secondary N) is 1. The lowest BCUT2D eigenvalue weighted by molar-refractivity contribution is 0.112. The first kappa shape index (κ1) is 10.7. The minimum Gasteiger partial charge on any atom is -0.496 e. The second-order valence-electron chi connectivity index (χ2n) is 3.60. The molecule has 1 heterocycles. The van der Waals surface area contributed by atoms with Crippen LogP contribution in [0.25, 0.3) is 0 Å². The number of rotatable bonds is 2. The van der Waals surface area contributed by atoms with Crippen LogP contribution >= 0.6 is 11.6 Å². The summed E-state index contributed by atoms with van der Waals surface area (Å²) in [6, 6.07) is 3.87. The van der Waals surface area contributed by atoms with Gasteiger partial charge in [0.1, 0.15) is 11.9 Å². The molecule has 0 radical (unpaired) electrons. The fourth-order valence-corrected chi connectivity index (χ4v) is 1.88. The topological polar surface area (TPSA) is 30.5 Å². The Labute approximate surface area is 94.3 Å². The highest BCUT2D eigenvalue weighted by Crippen LogP contribution is 2.33. The summed E-state index contributed by atoms with van der Waals surface area (Å²) in [6.07, 6.45) is 0.0399. The maximum Gasteiger partial charge on any atom is 0.125 e. The fourth-order valence-electron chi connectivity index (χ4n) is 1.71. The summed E-state index contributed by atoms with van der Waals surface area (Å²) in [5.74, 6) is 0.839. The van der Waals surface area contributed by atoms with Gasteiger partial charge in [-0.05, 0) is 24.6 Å². The number of hydrogen-bond donors (Lipinski definition) is 1. The number of methoxy groups -OCH3 is 1. The lowest BCUT2D eigenvalue weighted by Gasteiger charge is -2.15. The quantitative estimate of drug-likeness (QED) is 0.841. The second kappa shape index (κ2) is 4.39. The zero-order valence-electron chi connectivity index (χ0n) is 8.84. The van der Waals surface area contributed by atoms with E-state index in [1.165, 1.54) is 0 Å². The Bertz CT molecular complexity index is 362. The van der Waals surface area contributed by atoms with Crippen molar-refractivity contribution in [3.05, 3.63) is 28.3 Å². The number of benzene rings is 1. The molecule has 1 aromatic carbocycles. The van der Waals surface area contributed by atoms with E-state index in [2.05, 4.69) is 5.32 Å². The third kappa shape index (κ3) is 2.09. The van der Waals surface area contributed by atoms with Gasteiger partial charge in [-0.1, -0.05) is 11.6 Å². The van der Waals surface area contributed by atoms with Crippen molar-refractivity contribution in [1.82, 2.24) is 5.32 Å². The summed E-state index contributed by atoms with van der Waals surface area (Å²) < 4.78 is 10.9. The molecule has 15 heavy (non-hydrogen) atoms. The molecule has 1 aromatic rings. The first-order valence-electron chi connectivity index (χ1n) is 4.88. The molecule has 0 amide bonds. The van der Waals surface area contributed by atoms with E-state index in [1.54, 1.807) is 7.11 Å². The molecule has 1 saturated heterocycles. The largest absolute Gasteiger partial charge is 0.496 e. The van der Waals surface area contributed by atoms with Crippen molar-refractivity contribution in [2.24, 2.45) is 0 Å². The molecule has 1 atom stereocenters. The summed E-state index contributed by atoms with van der Waals surface area (Å²) in [5.41, 5.74) is 2.03. The summed E-state index contributed by atoms with van der Waals surface area (Å²) in [7, 11) is 1.66. The van der Waals surface area contributed by atoms with Gasteiger partial charge in [0, 0.05) is 17.1 Å². The SMILES string of the molecule is COc1cc(C)c(Cl)cc1C1CNCO1. The van der Waals surface area contributed by atoms with Gasteiger partial charge < -0.3 is 9.47 Å². The standard InChI is InChI=1S/C11H14ClNO2/c1-7-3-10(14-2)8(4-9(7)12)11-5-13-6-15-11/h3-4,11,13H,5-6H2,1-2H3. The molecule has 0 aliphatic carbocycles. The molecular weight excluding hydrogens is 214 g/mol. The smallest absolute Gasteiger partial charge is 0.125 e. The lowest BCUT2D eigenvalue weighted by Crippen LogP contribution is -2.09. The Morgan fingerprint density at radius 2 is 2.33 bits per heavy atom. The first-order valence-corrected chi connectivity index (χ1v) is 5.26. The van der Waals surface area contributed by atoms with Crippen molar-refractivity contribution in [2.75, 3.05) is 20.4 Å². The van der Waals surface area contributed by atoms with Gasteiger partial charge >= 0.3 is 0 Å². The summed E-state index contributed by atoms with van der Waals surface area (Å²) in [4.78, 5) is 0. The number of aryl methyl sites for hydroxylation is 1. The minimum atomic E-state index is 0.0399. The molecule has 0 saturated carbocycles. The van der Waals surface area contributed by atoms with Gasteiger partial charge in [0.15, 0.2) is 0 Å². The molecule has 0 bridgehead atoms. The van der Waals surface area contributed by atoms with Gasteiger partial charge in [0.05, 0.1) is 13.8 Å². The average Bonchev–Trinajstić information content (AvgIpc) is 2.74. The fraction of sp³-hybridized carbons (Fsp3) is 0.455. The van der Waals surface area contributed by atoms with Gasteiger partial charge in [0.2, 0.25) is 0 Å². The first-order chi connectivity index (χ1) is 7.22. The van der Waals surface area contributed by atoms with Crippen LogP contribution in [0.5, 0.6) is 5.75 Å². The van der Waals surface area contributed by atoms with Crippen molar-refractivity contribution in [3.8, 4) is 5.75 Å². The zero-order valence-corrected chi connectivity index (χ0v) is 9.60. The third-order valence-corrected chi connectivity index (χ3v) is 2.98. The summed E-state index contributed by atoms with van der Waals surface area (Å²) in [5, 5.41) is 3.89. The van der Waals surface area contributed by atoms with Crippen LogP contribution in [-0.4, -0.2) is 20.4 Å². The van der Waals surface area contributed by atoms with Crippen molar-refractivity contribution >= 4 is 11.6 Å². The summed E-state index contributed by atoms with van der Waals surface area (Å²) >= 11 is 6.09. The van der Waals surface area contributed by atoms with E-state index in [9.17, 15) is 0 Å². The van der Waals surface area contributed by atoms with E-state index in [4.69, 9.17) is 21.1 Å². The molecule has 0 aromatic heterocycles. The molecule has 1 unspecified atom stereocenters. The van der Waals surface area contributed by atoms with Crippen LogP contribution in [0.15, 0.2) is 12.1 Å². The maximum absolute atomic E-state index is 6.09. The van der Waals surface area contributed by atoms with Crippen LogP contribution < -0.4 is 10.1 Å². The van der Waals surface area contributed by atoms with Crippen molar-refractivity contribution in [2.45, 2.75) is 13.0 Å². The Morgan fingerprint density at radius 1 is 1.53 bits per heavy atom. The Balaban J connectivity index is 2.39. The summed E-state index contributed by atoms with van der Waals surface area (Å²) in [6.45, 7) is 3.34. The lowest BCUT2D eigenvalue weighted by atomic mass is 10.1. The molecule has 3 nitrogen and oxygen atoms in total. The van der Waals surface area contributed by atoms with E-state index < -0.39 is 0 Å². The zero-order chi connectivity index (χ0) is 10.8. The van der Waals surface area contributed by atoms with Crippen LogP contribution in [0.2, 0.25) is 5.02 Å². The predicted octanol–water partition coefficient (Wildman–Crippen LogP) is 2.28. The van der Waals surface area contributed by atoms with Crippen molar-refractivity contribution < 1.29 is 9.47 Å². The highest BCUT2D eigenvalue weighted by molar-refractivity contribution is 6.31. The highest BCUT2D eigenvalue weighted by Gasteiger charge is 2.21. The molecular formula is C11H14ClNO2. The van der Waals surface area contributed by atoms with Crippen molar-refractivity contribution in [1.29, 1.82) is 0 Å². The number of ether oxygens (including phenoxy) is 2. The van der Waals surface area contributed by atoms with Crippen LogP contribution in [-0.2, 0) is 4.74 Å². The van der Waals surface area contributed by atoms with Crippen LogP contribution in [0, 0.1) is 6.92 Å². The highest BCUT2D eigenvalue weighted by atomic mass is 35.5. The predicted molar refractivity (Wildman–Crippen MR) is 59.4 cm³/mol. The van der Waals surface area contributed by atoms with E-state index in [0.717, 1.165) is 28.4 Å². The molecule has 82 valence electrons. The van der Waals surface area contributed by atoms with E-state index in [-0.39, 0.29) is 6.10 Å². The van der Waals surface area contributed by atoms with Gasteiger partial charge in [-0.25, -0.2) is 0 Å². The van der Waals surface area contributed by atoms with Gasteiger partial charge in [-0.3, -0.25) is 5.32 Å². The molecule has 0 spiro atoms. The van der Waals surface area contributed by atoms with Crippen LogP contribution in [0.4, 0.5) is 0 Å². The molecule has 1 aliphatic rings. The van der Waals surface area contributed by atoms with Crippen LogP contribution in [0.3, 0.4) is 0 Å². The Kier molecular flexibility index (Phi) is 3.14. The molecule has 1 aliphatic heterocycles. The number of halogens is 1. The van der Waals surface area contributed by atoms with E-state index >= 15 is 0 Å². The molecule has 1 fully saturated rings. The molecule has 4 heteroatoms. The normalized spacial score (nSPS) is 20.6. The maximum atomic E-state index is 6.09. The van der Waals surface area contributed by atoms with E-state index in [1.807, 2.05) is 19.1 Å². The van der Waals surface area contributed by atoms with Gasteiger partial charge in [-0.2, -0.15) is 0 Å². The van der Waals surface area contributed by atoms with Gasteiger partial charge in [-0.15, -0.1) is 0 Å². The minimum absolute atomic E-state index is 0.0399. The third-order valence-electron chi connectivity index (χ3n) is 2.57. The monoisotopic (exact) mass is 227 g/mol. The Morgan fingerprint density at radius 3 is 2.93 bits per heavy atom. The Hall–Kier alpha value is -0.770. The van der Waals surface area contributed by atoms with Crippen LogP contribution in [0.1, 0.15) is 17.2 Å². The van der Waals surface area contributed by atoms with Crippen molar-refractivity contribution in [3.63, 3.8) is 0 Å². The number of hydrogen-bond acceptors (Lipinski definition) is 3. The van der Waals surface area contributed by atoms with Gasteiger partial charge in [0.25, 0.3) is 0 Å². The molecule has 2 rings (SSSR count). The molecule has 1 N–H and O–H groups in total.